The molecular weight excluding hydrogens is 423 g/mol. The minimum absolute atomic E-state index is 0.186. The van der Waals surface area contributed by atoms with E-state index in [9.17, 15) is 0 Å². The molecule has 152 valence electrons. The van der Waals surface area contributed by atoms with Crippen LogP contribution in [0.3, 0.4) is 0 Å². The second-order valence-electron chi connectivity index (χ2n) is 6.57. The van der Waals surface area contributed by atoms with E-state index in [1.807, 2.05) is 36.4 Å². The van der Waals surface area contributed by atoms with Crippen LogP contribution in [0, 0.1) is 0 Å². The summed E-state index contributed by atoms with van der Waals surface area (Å²) in [5, 5.41) is 1.46. The van der Waals surface area contributed by atoms with Crippen molar-refractivity contribution >= 4 is 40.1 Å². The van der Waals surface area contributed by atoms with Gasteiger partial charge in [-0.15, -0.1) is 0 Å². The number of hydrogen-bond donors (Lipinski definition) is 1. The molecule has 0 aliphatic heterocycles. The molecule has 2 N–H and O–H groups in total. The number of hydrogen-bond acceptors (Lipinski definition) is 6. The number of nitrogens with zero attached hydrogens (tertiary/aromatic N) is 3. The largest absolute Gasteiger partial charge is 0.495 e. The van der Waals surface area contributed by atoms with Gasteiger partial charge in [-0.05, 0) is 11.6 Å². The van der Waals surface area contributed by atoms with Crippen LogP contribution in [0.25, 0.3) is 22.2 Å². The average molecular weight is 441 g/mol. The number of methoxy groups -OCH3 is 2. The van der Waals surface area contributed by atoms with Gasteiger partial charge in [-0.3, -0.25) is 4.98 Å². The molecule has 0 amide bonds. The van der Waals surface area contributed by atoms with Gasteiger partial charge in [0.05, 0.1) is 41.2 Å². The number of nitrogen functional groups attached to an aromatic ring is 1. The maximum atomic E-state index is 6.61. The molecule has 8 heteroatoms. The highest BCUT2D eigenvalue weighted by atomic mass is 35.5. The predicted octanol–water partition coefficient (Wildman–Crippen LogP) is 5.19. The Bertz CT molecular complexity index is 1200. The molecule has 0 spiro atoms. The summed E-state index contributed by atoms with van der Waals surface area (Å²) in [4.78, 5) is 13.4. The lowest BCUT2D eigenvalue weighted by atomic mass is 10.0. The van der Waals surface area contributed by atoms with E-state index in [0.29, 0.717) is 44.7 Å². The zero-order valence-corrected chi connectivity index (χ0v) is 17.8. The Labute approximate surface area is 183 Å². The Morgan fingerprint density at radius 3 is 2.23 bits per heavy atom. The lowest BCUT2D eigenvalue weighted by Crippen LogP contribution is -2.02. The molecule has 0 radical (unpaired) electrons. The third kappa shape index (κ3) is 3.72. The van der Waals surface area contributed by atoms with Crippen molar-refractivity contribution in [2.45, 2.75) is 6.42 Å². The van der Waals surface area contributed by atoms with Crippen LogP contribution in [0.4, 0.5) is 5.95 Å². The van der Waals surface area contributed by atoms with E-state index in [2.05, 4.69) is 9.97 Å². The first-order chi connectivity index (χ1) is 14.5. The van der Waals surface area contributed by atoms with Gasteiger partial charge >= 0.3 is 0 Å². The van der Waals surface area contributed by atoms with Crippen molar-refractivity contribution in [1.29, 1.82) is 0 Å². The number of halogens is 2. The molecule has 2 aromatic carbocycles. The first kappa shape index (κ1) is 20.2. The topological polar surface area (TPSA) is 83.2 Å². The molecule has 4 rings (SSSR count). The second-order valence-corrected chi connectivity index (χ2v) is 7.32. The molecule has 0 atom stereocenters. The van der Waals surface area contributed by atoms with E-state index in [1.54, 1.807) is 12.3 Å². The second kappa shape index (κ2) is 8.34. The molecule has 0 aliphatic carbocycles. The number of benzene rings is 2. The number of rotatable bonds is 5. The van der Waals surface area contributed by atoms with Crippen LogP contribution in [-0.4, -0.2) is 29.2 Å². The minimum Gasteiger partial charge on any atom is -0.495 e. The molecule has 2 heterocycles. The van der Waals surface area contributed by atoms with Gasteiger partial charge in [-0.1, -0.05) is 53.5 Å². The summed E-state index contributed by atoms with van der Waals surface area (Å²) in [6.07, 6.45) is 2.22. The number of ether oxygens (including phenoxy) is 2. The quantitative estimate of drug-likeness (QED) is 0.459. The van der Waals surface area contributed by atoms with Gasteiger partial charge in [0.25, 0.3) is 0 Å². The maximum absolute atomic E-state index is 6.61. The molecule has 6 nitrogen and oxygen atoms in total. The molecule has 0 bridgehead atoms. The number of pyridine rings is 1. The number of anilines is 1. The monoisotopic (exact) mass is 440 g/mol. The first-order valence-corrected chi connectivity index (χ1v) is 9.83. The van der Waals surface area contributed by atoms with E-state index in [0.717, 1.165) is 16.6 Å². The normalized spacial score (nSPS) is 10.9. The van der Waals surface area contributed by atoms with Crippen molar-refractivity contribution in [3.63, 3.8) is 0 Å². The van der Waals surface area contributed by atoms with Gasteiger partial charge in [0, 0.05) is 29.6 Å². The highest BCUT2D eigenvalue weighted by Crippen LogP contribution is 2.46. The Morgan fingerprint density at radius 1 is 0.933 bits per heavy atom. The fourth-order valence-corrected chi connectivity index (χ4v) is 3.96. The summed E-state index contributed by atoms with van der Waals surface area (Å²) < 4.78 is 10.8. The molecule has 0 saturated heterocycles. The maximum Gasteiger partial charge on any atom is 0.220 e. The lowest BCUT2D eigenvalue weighted by Gasteiger charge is -2.16. The SMILES string of the molecule is COc1cc(OC)c(Cl)c(-c2cc3cnc(N)nc3c(Cc3ccccc3)n2)c1Cl. The molecular formula is C22H18Cl2N4O2. The van der Waals surface area contributed by atoms with Crippen LogP contribution >= 0.6 is 23.2 Å². The summed E-state index contributed by atoms with van der Waals surface area (Å²) in [6, 6.07) is 13.4. The standard InChI is InChI=1S/C22H18Cl2N4O2/c1-29-16-10-17(30-2)20(24)18(19(16)23)14-9-13-11-26-22(25)28-21(13)15(27-14)8-12-6-4-3-5-7-12/h3-7,9-11H,8H2,1-2H3,(H2,25,26,28). The van der Waals surface area contributed by atoms with Crippen LogP contribution in [0.15, 0.2) is 48.7 Å². The molecule has 0 unspecified atom stereocenters. The predicted molar refractivity (Wildman–Crippen MR) is 120 cm³/mol. The van der Waals surface area contributed by atoms with Crippen molar-refractivity contribution in [2.24, 2.45) is 0 Å². The molecule has 4 aromatic rings. The third-order valence-electron chi connectivity index (χ3n) is 4.70. The van der Waals surface area contributed by atoms with E-state index in [4.69, 9.17) is 43.4 Å². The Morgan fingerprint density at radius 2 is 1.60 bits per heavy atom. The van der Waals surface area contributed by atoms with Crippen molar-refractivity contribution in [2.75, 3.05) is 20.0 Å². The van der Waals surface area contributed by atoms with E-state index in [-0.39, 0.29) is 5.95 Å². The van der Waals surface area contributed by atoms with Crippen molar-refractivity contribution in [3.8, 4) is 22.8 Å². The molecule has 2 aromatic heterocycles. The molecule has 0 saturated carbocycles. The van der Waals surface area contributed by atoms with Crippen LogP contribution in [0.5, 0.6) is 11.5 Å². The van der Waals surface area contributed by atoms with Gasteiger partial charge in [0.15, 0.2) is 0 Å². The van der Waals surface area contributed by atoms with Crippen LogP contribution < -0.4 is 15.2 Å². The van der Waals surface area contributed by atoms with Crippen LogP contribution in [0.1, 0.15) is 11.3 Å². The van der Waals surface area contributed by atoms with Crippen molar-refractivity contribution in [1.82, 2.24) is 15.0 Å². The van der Waals surface area contributed by atoms with Crippen LogP contribution in [0.2, 0.25) is 10.0 Å². The highest BCUT2D eigenvalue weighted by molar-refractivity contribution is 6.41. The summed E-state index contributed by atoms with van der Waals surface area (Å²) >= 11 is 13.2. The van der Waals surface area contributed by atoms with E-state index >= 15 is 0 Å². The van der Waals surface area contributed by atoms with Gasteiger partial charge in [0.2, 0.25) is 5.95 Å². The minimum atomic E-state index is 0.186. The van der Waals surface area contributed by atoms with Crippen molar-refractivity contribution in [3.05, 3.63) is 70.0 Å². The summed E-state index contributed by atoms with van der Waals surface area (Å²) in [5.74, 6) is 1.06. The summed E-state index contributed by atoms with van der Waals surface area (Å²) in [7, 11) is 3.06. The Balaban J connectivity index is 1.98. The fraction of sp³-hybridized carbons (Fsp3) is 0.136. The van der Waals surface area contributed by atoms with E-state index in [1.165, 1.54) is 14.2 Å². The van der Waals surface area contributed by atoms with Crippen LogP contribution in [-0.2, 0) is 6.42 Å². The van der Waals surface area contributed by atoms with Crippen molar-refractivity contribution < 1.29 is 9.47 Å². The molecule has 0 aliphatic rings. The molecule has 0 fully saturated rings. The number of aromatic nitrogens is 3. The molecule has 30 heavy (non-hydrogen) atoms. The smallest absolute Gasteiger partial charge is 0.220 e. The summed E-state index contributed by atoms with van der Waals surface area (Å²) in [5.41, 5.74) is 9.41. The Hall–Kier alpha value is -3.09. The van der Waals surface area contributed by atoms with Gasteiger partial charge < -0.3 is 15.2 Å². The van der Waals surface area contributed by atoms with Gasteiger partial charge in [0.1, 0.15) is 11.5 Å². The van der Waals surface area contributed by atoms with Gasteiger partial charge in [-0.25, -0.2) is 9.97 Å². The highest BCUT2D eigenvalue weighted by Gasteiger charge is 2.21. The third-order valence-corrected chi connectivity index (χ3v) is 5.45. The average Bonchev–Trinajstić information content (AvgIpc) is 2.75. The lowest BCUT2D eigenvalue weighted by molar-refractivity contribution is 0.395. The Kier molecular flexibility index (Phi) is 5.61. The zero-order valence-electron chi connectivity index (χ0n) is 16.3. The number of fused-ring (bicyclic) bond motifs is 1. The van der Waals surface area contributed by atoms with Gasteiger partial charge in [-0.2, -0.15) is 0 Å². The zero-order chi connectivity index (χ0) is 21.3. The van der Waals surface area contributed by atoms with E-state index < -0.39 is 0 Å². The first-order valence-electron chi connectivity index (χ1n) is 9.08. The summed E-state index contributed by atoms with van der Waals surface area (Å²) in [6.45, 7) is 0. The fourth-order valence-electron chi connectivity index (χ4n) is 3.27. The number of nitrogens with two attached hydrogens (primary N) is 1.